The number of hydrogen-bond acceptors (Lipinski definition) is 6. The molecule has 0 rings (SSSR count). The summed E-state index contributed by atoms with van der Waals surface area (Å²) < 4.78 is 16.9. The summed E-state index contributed by atoms with van der Waals surface area (Å²) >= 11 is 0. The lowest BCUT2D eigenvalue weighted by atomic mass is 10.0. The number of carbonyl (C=O) groups is 3. The van der Waals surface area contributed by atoms with Crippen molar-refractivity contribution in [2.75, 3.05) is 13.2 Å². The van der Waals surface area contributed by atoms with Crippen LogP contribution in [0.4, 0.5) is 0 Å². The Morgan fingerprint density at radius 2 is 0.549 bits per heavy atom. The average Bonchev–Trinajstić information content (AvgIpc) is 3.37. The summed E-state index contributed by atoms with van der Waals surface area (Å²) in [5.41, 5.74) is 0. The number of esters is 3. The Morgan fingerprint density at radius 1 is 0.296 bits per heavy atom. The molecular weight excluding hydrogens is 877 g/mol. The molecule has 0 bridgehead atoms. The number of allylic oxidation sites excluding steroid dienone is 8. The van der Waals surface area contributed by atoms with Crippen LogP contribution >= 0.6 is 0 Å². The van der Waals surface area contributed by atoms with Gasteiger partial charge < -0.3 is 14.2 Å². The third-order valence-corrected chi connectivity index (χ3v) is 13.8. The van der Waals surface area contributed by atoms with Crippen LogP contribution in [0.15, 0.2) is 48.6 Å². The van der Waals surface area contributed by atoms with Crippen LogP contribution in [0.3, 0.4) is 0 Å². The zero-order valence-electron chi connectivity index (χ0n) is 47.5. The van der Waals surface area contributed by atoms with Gasteiger partial charge in [-0.05, 0) is 57.8 Å². The summed E-state index contributed by atoms with van der Waals surface area (Å²) in [4.78, 5) is 38.2. The second kappa shape index (κ2) is 59.9. The Morgan fingerprint density at radius 3 is 0.859 bits per heavy atom. The molecule has 0 aromatic heterocycles. The minimum Gasteiger partial charge on any atom is -0.462 e. The molecule has 0 radical (unpaired) electrons. The molecule has 1 atom stereocenters. The maximum atomic E-state index is 12.9. The van der Waals surface area contributed by atoms with E-state index in [-0.39, 0.29) is 31.1 Å². The van der Waals surface area contributed by atoms with Crippen molar-refractivity contribution in [2.45, 2.75) is 335 Å². The third kappa shape index (κ3) is 58.1. The number of ether oxygens (including phenoxy) is 3. The maximum Gasteiger partial charge on any atom is 0.306 e. The molecular formula is C65H118O6. The van der Waals surface area contributed by atoms with Gasteiger partial charge >= 0.3 is 17.9 Å². The Kier molecular flexibility index (Phi) is 57.7. The molecule has 0 amide bonds. The molecule has 0 aliphatic heterocycles. The van der Waals surface area contributed by atoms with Gasteiger partial charge in [0.15, 0.2) is 6.10 Å². The van der Waals surface area contributed by atoms with Gasteiger partial charge in [0, 0.05) is 19.3 Å². The summed E-state index contributed by atoms with van der Waals surface area (Å²) in [6.07, 6.45) is 74.0. The van der Waals surface area contributed by atoms with Crippen molar-refractivity contribution in [2.24, 2.45) is 0 Å². The van der Waals surface area contributed by atoms with Gasteiger partial charge in [-0.3, -0.25) is 14.4 Å². The smallest absolute Gasteiger partial charge is 0.306 e. The first-order valence-corrected chi connectivity index (χ1v) is 31.1. The molecule has 414 valence electrons. The summed E-state index contributed by atoms with van der Waals surface area (Å²) in [5, 5.41) is 0. The van der Waals surface area contributed by atoms with Crippen LogP contribution in [0.1, 0.15) is 329 Å². The largest absolute Gasteiger partial charge is 0.462 e. The van der Waals surface area contributed by atoms with Crippen LogP contribution in [-0.2, 0) is 28.6 Å². The Bertz CT molecular complexity index is 1230. The van der Waals surface area contributed by atoms with E-state index in [2.05, 4.69) is 69.4 Å². The lowest BCUT2D eigenvalue weighted by Gasteiger charge is -2.18. The van der Waals surface area contributed by atoms with Gasteiger partial charge in [-0.2, -0.15) is 0 Å². The zero-order valence-corrected chi connectivity index (χ0v) is 47.5. The highest BCUT2D eigenvalue weighted by atomic mass is 16.6. The van der Waals surface area contributed by atoms with E-state index < -0.39 is 6.10 Å². The van der Waals surface area contributed by atoms with E-state index in [9.17, 15) is 14.4 Å². The molecule has 0 aliphatic carbocycles. The molecule has 0 aromatic rings. The van der Waals surface area contributed by atoms with Gasteiger partial charge in [0.2, 0.25) is 0 Å². The quantitative estimate of drug-likeness (QED) is 0.0261. The van der Waals surface area contributed by atoms with Crippen molar-refractivity contribution >= 4 is 17.9 Å². The van der Waals surface area contributed by atoms with Gasteiger partial charge in [-0.1, -0.05) is 301 Å². The molecule has 0 aromatic carbocycles. The number of carbonyl (C=O) groups excluding carboxylic acids is 3. The fraction of sp³-hybridized carbons (Fsp3) is 0.831. The van der Waals surface area contributed by atoms with Crippen LogP contribution in [0.2, 0.25) is 0 Å². The van der Waals surface area contributed by atoms with Gasteiger partial charge in [-0.25, -0.2) is 0 Å². The fourth-order valence-corrected chi connectivity index (χ4v) is 9.20. The molecule has 1 unspecified atom stereocenters. The van der Waals surface area contributed by atoms with Gasteiger partial charge in [0.1, 0.15) is 13.2 Å². The molecule has 0 spiro atoms. The lowest BCUT2D eigenvalue weighted by molar-refractivity contribution is -0.167. The van der Waals surface area contributed by atoms with E-state index in [1.807, 2.05) is 0 Å². The molecule has 6 nitrogen and oxygen atoms in total. The van der Waals surface area contributed by atoms with Crippen LogP contribution in [0, 0.1) is 0 Å². The number of rotatable bonds is 57. The molecule has 0 heterocycles. The first-order chi connectivity index (χ1) is 35.0. The second-order valence-corrected chi connectivity index (χ2v) is 21.0. The first kappa shape index (κ1) is 68.4. The molecule has 0 aliphatic rings. The monoisotopic (exact) mass is 995 g/mol. The maximum absolute atomic E-state index is 12.9. The molecule has 0 fully saturated rings. The van der Waals surface area contributed by atoms with Gasteiger partial charge in [0.25, 0.3) is 0 Å². The van der Waals surface area contributed by atoms with Gasteiger partial charge in [0.05, 0.1) is 0 Å². The van der Waals surface area contributed by atoms with Crippen molar-refractivity contribution in [3.05, 3.63) is 48.6 Å². The van der Waals surface area contributed by atoms with E-state index in [4.69, 9.17) is 14.2 Å². The van der Waals surface area contributed by atoms with Crippen molar-refractivity contribution in [3.8, 4) is 0 Å². The Hall–Kier alpha value is -2.63. The Labute approximate surface area is 441 Å². The topological polar surface area (TPSA) is 78.9 Å². The minimum atomic E-state index is -0.773. The van der Waals surface area contributed by atoms with E-state index in [1.54, 1.807) is 0 Å². The van der Waals surface area contributed by atoms with Crippen LogP contribution in [0.5, 0.6) is 0 Å². The summed E-state index contributed by atoms with van der Waals surface area (Å²) in [6.45, 7) is 6.57. The summed E-state index contributed by atoms with van der Waals surface area (Å²) in [7, 11) is 0. The first-order valence-electron chi connectivity index (χ1n) is 31.1. The van der Waals surface area contributed by atoms with Crippen molar-refractivity contribution in [1.82, 2.24) is 0 Å². The second-order valence-electron chi connectivity index (χ2n) is 21.0. The SMILES string of the molecule is CC/C=C\C/C=C\C/C=C\C/C=C\CCCCCCCCCCC(=O)OCC(COC(=O)CCCCCCCCCCCCC)OC(=O)CCCCCCCCCCCCCCCCCCCCCCC. The van der Waals surface area contributed by atoms with Crippen LogP contribution < -0.4 is 0 Å². The van der Waals surface area contributed by atoms with E-state index >= 15 is 0 Å². The van der Waals surface area contributed by atoms with Crippen LogP contribution in [0.25, 0.3) is 0 Å². The highest BCUT2D eigenvalue weighted by Gasteiger charge is 2.19. The summed E-state index contributed by atoms with van der Waals surface area (Å²) in [5.74, 6) is -0.859. The predicted molar refractivity (Wildman–Crippen MR) is 307 cm³/mol. The van der Waals surface area contributed by atoms with E-state index in [0.717, 1.165) is 89.9 Å². The Balaban J connectivity index is 4.27. The zero-order chi connectivity index (χ0) is 51.4. The summed E-state index contributed by atoms with van der Waals surface area (Å²) in [6, 6.07) is 0. The lowest BCUT2D eigenvalue weighted by Crippen LogP contribution is -2.30. The van der Waals surface area contributed by atoms with Crippen molar-refractivity contribution < 1.29 is 28.6 Å². The minimum absolute atomic E-state index is 0.0708. The standard InChI is InChI=1S/C65H118O6/c1-4-7-10-13-16-19-22-24-26-28-30-32-34-36-38-40-43-46-49-52-55-58-64(67)70-61-62(60-69-63(66)57-54-51-48-45-42-21-18-15-12-9-6-3)71-65(68)59-56-53-50-47-44-41-39-37-35-33-31-29-27-25-23-20-17-14-11-8-5-2/h7,10,16,19,24,26,30,32,62H,4-6,8-9,11-15,17-18,20-23,25,27-29,31,33-61H2,1-3H3/b10-7-,19-16-,26-24-,32-30-. The molecule has 71 heavy (non-hydrogen) atoms. The highest BCUT2D eigenvalue weighted by Crippen LogP contribution is 2.17. The predicted octanol–water partition coefficient (Wildman–Crippen LogP) is 21.0. The third-order valence-electron chi connectivity index (χ3n) is 13.8. The van der Waals surface area contributed by atoms with Gasteiger partial charge in [-0.15, -0.1) is 0 Å². The molecule has 6 heteroatoms. The van der Waals surface area contributed by atoms with E-state index in [1.165, 1.54) is 199 Å². The normalized spacial score (nSPS) is 12.3. The van der Waals surface area contributed by atoms with Crippen molar-refractivity contribution in [1.29, 1.82) is 0 Å². The fourth-order valence-electron chi connectivity index (χ4n) is 9.20. The number of hydrogen-bond donors (Lipinski definition) is 0. The average molecular weight is 996 g/mol. The highest BCUT2D eigenvalue weighted by molar-refractivity contribution is 5.71. The molecule has 0 saturated carbocycles. The number of unbranched alkanes of at least 4 members (excludes halogenated alkanes) is 38. The van der Waals surface area contributed by atoms with E-state index in [0.29, 0.717) is 19.3 Å². The molecule has 0 N–H and O–H groups in total. The van der Waals surface area contributed by atoms with Crippen molar-refractivity contribution in [3.63, 3.8) is 0 Å². The van der Waals surface area contributed by atoms with Crippen LogP contribution in [-0.4, -0.2) is 37.2 Å². The molecule has 0 saturated heterocycles.